The minimum atomic E-state index is 0.138. The lowest BCUT2D eigenvalue weighted by molar-refractivity contribution is 0.698. The summed E-state index contributed by atoms with van der Waals surface area (Å²) in [5, 5.41) is 8.20. The van der Waals surface area contributed by atoms with Gasteiger partial charge in [-0.15, -0.1) is 5.10 Å². The molecule has 0 bridgehead atoms. The van der Waals surface area contributed by atoms with Crippen LogP contribution in [-0.2, 0) is 7.05 Å². The predicted molar refractivity (Wildman–Crippen MR) is 73.7 cm³/mol. The van der Waals surface area contributed by atoms with Crippen molar-refractivity contribution in [2.45, 2.75) is 13.0 Å². The molecule has 0 saturated carbocycles. The van der Waals surface area contributed by atoms with Crippen molar-refractivity contribution in [2.24, 2.45) is 7.05 Å². The van der Waals surface area contributed by atoms with Crippen molar-refractivity contribution in [2.75, 3.05) is 0 Å². The molecule has 2 aromatic heterocycles. The van der Waals surface area contributed by atoms with Crippen molar-refractivity contribution in [1.82, 2.24) is 24.5 Å². The van der Waals surface area contributed by atoms with Gasteiger partial charge in [-0.1, -0.05) is 23.4 Å². The standard InChI is InChI=1S/C14H15N5/c1-3-4-13(19-8-7-15-10-19)11-5-6-14-12(9-11)16-17-18(14)2/h3-10,13H,1-2H3/b4-3+. The molecule has 1 atom stereocenters. The first-order chi connectivity index (χ1) is 9.29. The Hall–Kier alpha value is -2.43. The molecule has 1 unspecified atom stereocenters. The first-order valence-electron chi connectivity index (χ1n) is 6.19. The Kier molecular flexibility index (Phi) is 2.87. The van der Waals surface area contributed by atoms with Crippen LogP contribution in [0.1, 0.15) is 18.5 Å². The molecular weight excluding hydrogens is 238 g/mol. The van der Waals surface area contributed by atoms with Gasteiger partial charge in [-0.3, -0.25) is 0 Å². The van der Waals surface area contributed by atoms with E-state index >= 15 is 0 Å². The number of nitrogens with zero attached hydrogens (tertiary/aromatic N) is 5. The van der Waals surface area contributed by atoms with E-state index in [9.17, 15) is 0 Å². The molecule has 0 N–H and O–H groups in total. The van der Waals surface area contributed by atoms with E-state index in [1.807, 2.05) is 32.6 Å². The summed E-state index contributed by atoms with van der Waals surface area (Å²) in [7, 11) is 1.90. The number of aryl methyl sites for hydroxylation is 1. The average molecular weight is 253 g/mol. The molecule has 19 heavy (non-hydrogen) atoms. The molecule has 5 heteroatoms. The number of aromatic nitrogens is 5. The van der Waals surface area contributed by atoms with Gasteiger partial charge in [0.15, 0.2) is 0 Å². The second-order valence-electron chi connectivity index (χ2n) is 4.44. The van der Waals surface area contributed by atoms with Gasteiger partial charge in [0.1, 0.15) is 5.52 Å². The Labute approximate surface area is 111 Å². The van der Waals surface area contributed by atoms with Crippen LogP contribution in [0, 0.1) is 0 Å². The summed E-state index contributed by atoms with van der Waals surface area (Å²) in [6.45, 7) is 2.02. The summed E-state index contributed by atoms with van der Waals surface area (Å²) < 4.78 is 3.85. The molecular formula is C14H15N5. The van der Waals surface area contributed by atoms with Crippen molar-refractivity contribution in [3.8, 4) is 0 Å². The Bertz CT molecular complexity index is 709. The molecule has 3 aromatic rings. The van der Waals surface area contributed by atoms with Crippen LogP contribution in [0.3, 0.4) is 0 Å². The third kappa shape index (κ3) is 2.03. The fourth-order valence-electron chi connectivity index (χ4n) is 2.24. The molecule has 5 nitrogen and oxygen atoms in total. The van der Waals surface area contributed by atoms with Gasteiger partial charge < -0.3 is 4.57 Å². The van der Waals surface area contributed by atoms with E-state index in [4.69, 9.17) is 0 Å². The predicted octanol–water partition coefficient (Wildman–Crippen LogP) is 2.33. The van der Waals surface area contributed by atoms with Crippen LogP contribution in [0.25, 0.3) is 11.0 Å². The van der Waals surface area contributed by atoms with Gasteiger partial charge in [-0.2, -0.15) is 0 Å². The van der Waals surface area contributed by atoms with E-state index < -0.39 is 0 Å². The number of imidazole rings is 1. The Balaban J connectivity index is 2.10. The fraction of sp³-hybridized carbons (Fsp3) is 0.214. The topological polar surface area (TPSA) is 48.5 Å². The summed E-state index contributed by atoms with van der Waals surface area (Å²) >= 11 is 0. The Morgan fingerprint density at radius 2 is 2.21 bits per heavy atom. The number of hydrogen-bond donors (Lipinski definition) is 0. The molecule has 0 aliphatic heterocycles. The van der Waals surface area contributed by atoms with E-state index in [0.29, 0.717) is 0 Å². The van der Waals surface area contributed by atoms with E-state index in [1.54, 1.807) is 10.9 Å². The molecule has 0 aliphatic rings. The second kappa shape index (κ2) is 4.68. The molecule has 2 heterocycles. The zero-order valence-electron chi connectivity index (χ0n) is 10.9. The zero-order chi connectivity index (χ0) is 13.2. The summed E-state index contributed by atoms with van der Waals surface area (Å²) in [6, 6.07) is 6.38. The number of fused-ring (bicyclic) bond motifs is 1. The largest absolute Gasteiger partial charge is 0.326 e. The monoisotopic (exact) mass is 253 g/mol. The van der Waals surface area contributed by atoms with Gasteiger partial charge in [-0.25, -0.2) is 9.67 Å². The maximum absolute atomic E-state index is 4.17. The van der Waals surface area contributed by atoms with Gasteiger partial charge in [0.2, 0.25) is 0 Å². The molecule has 1 aromatic carbocycles. The SMILES string of the molecule is C/C=C/C(c1ccc2c(c1)nnn2C)n1ccnc1. The highest BCUT2D eigenvalue weighted by atomic mass is 15.4. The third-order valence-corrected chi connectivity index (χ3v) is 3.20. The molecule has 0 aliphatic carbocycles. The fourth-order valence-corrected chi connectivity index (χ4v) is 2.24. The second-order valence-corrected chi connectivity index (χ2v) is 4.44. The zero-order valence-corrected chi connectivity index (χ0v) is 10.9. The summed E-state index contributed by atoms with van der Waals surface area (Å²) in [5.41, 5.74) is 3.12. The Morgan fingerprint density at radius 3 is 2.95 bits per heavy atom. The normalized spacial score (nSPS) is 13.4. The van der Waals surface area contributed by atoms with Gasteiger partial charge >= 0.3 is 0 Å². The minimum Gasteiger partial charge on any atom is -0.326 e. The van der Waals surface area contributed by atoms with Gasteiger partial charge in [0.05, 0.1) is 17.9 Å². The van der Waals surface area contributed by atoms with Crippen molar-refractivity contribution in [3.05, 3.63) is 54.6 Å². The maximum atomic E-state index is 4.17. The number of rotatable bonds is 3. The average Bonchev–Trinajstić information content (AvgIpc) is 3.06. The van der Waals surface area contributed by atoms with Gasteiger partial charge in [-0.05, 0) is 24.6 Å². The van der Waals surface area contributed by atoms with Crippen LogP contribution < -0.4 is 0 Å². The van der Waals surface area contributed by atoms with E-state index in [0.717, 1.165) is 11.0 Å². The first kappa shape index (κ1) is 11.6. The molecule has 3 rings (SSSR count). The number of allylic oxidation sites excluding steroid dienone is 2. The van der Waals surface area contributed by atoms with Crippen molar-refractivity contribution in [3.63, 3.8) is 0 Å². The molecule has 0 saturated heterocycles. The molecule has 0 amide bonds. The summed E-state index contributed by atoms with van der Waals surface area (Å²) in [6.07, 6.45) is 9.76. The number of benzene rings is 1. The van der Waals surface area contributed by atoms with E-state index in [1.165, 1.54) is 5.56 Å². The van der Waals surface area contributed by atoms with Crippen molar-refractivity contribution in [1.29, 1.82) is 0 Å². The van der Waals surface area contributed by atoms with Crippen molar-refractivity contribution < 1.29 is 0 Å². The minimum absolute atomic E-state index is 0.138. The van der Waals surface area contributed by atoms with E-state index in [-0.39, 0.29) is 6.04 Å². The summed E-state index contributed by atoms with van der Waals surface area (Å²) in [4.78, 5) is 4.11. The maximum Gasteiger partial charge on any atom is 0.113 e. The highest BCUT2D eigenvalue weighted by Gasteiger charge is 2.11. The first-order valence-corrected chi connectivity index (χ1v) is 6.19. The highest BCUT2D eigenvalue weighted by molar-refractivity contribution is 5.75. The molecule has 0 spiro atoms. The quantitative estimate of drug-likeness (QED) is 0.673. The summed E-state index contributed by atoms with van der Waals surface area (Å²) in [5.74, 6) is 0. The van der Waals surface area contributed by atoms with Gasteiger partial charge in [0.25, 0.3) is 0 Å². The lowest BCUT2D eigenvalue weighted by atomic mass is 10.1. The van der Waals surface area contributed by atoms with Crippen LogP contribution in [0.2, 0.25) is 0 Å². The third-order valence-electron chi connectivity index (χ3n) is 3.20. The number of hydrogen-bond acceptors (Lipinski definition) is 3. The lowest BCUT2D eigenvalue weighted by Crippen LogP contribution is -2.05. The molecule has 0 fully saturated rings. The van der Waals surface area contributed by atoms with E-state index in [2.05, 4.69) is 44.1 Å². The Morgan fingerprint density at radius 1 is 1.32 bits per heavy atom. The van der Waals surface area contributed by atoms with Gasteiger partial charge in [0, 0.05) is 19.4 Å². The lowest BCUT2D eigenvalue weighted by Gasteiger charge is -2.14. The van der Waals surface area contributed by atoms with Crippen LogP contribution in [-0.4, -0.2) is 24.5 Å². The van der Waals surface area contributed by atoms with Crippen molar-refractivity contribution >= 4 is 11.0 Å². The molecule has 96 valence electrons. The van der Waals surface area contributed by atoms with Crippen LogP contribution in [0.15, 0.2) is 49.1 Å². The van der Waals surface area contributed by atoms with Crippen LogP contribution >= 0.6 is 0 Å². The smallest absolute Gasteiger partial charge is 0.113 e. The van der Waals surface area contributed by atoms with Crippen LogP contribution in [0.5, 0.6) is 0 Å². The van der Waals surface area contributed by atoms with Crippen LogP contribution in [0.4, 0.5) is 0 Å². The molecule has 0 radical (unpaired) electrons. The highest BCUT2D eigenvalue weighted by Crippen LogP contribution is 2.23.